The number of aromatic nitrogens is 1. The van der Waals surface area contributed by atoms with Crippen LogP contribution in [0.4, 0.5) is 26.3 Å². The average molecular weight is 396 g/mol. The van der Waals surface area contributed by atoms with Gasteiger partial charge in [-0.2, -0.15) is 43.2 Å². The number of hydrogen-bond donors (Lipinski definition) is 0. The topological polar surface area (TPSA) is 90.4 Å². The molecule has 0 spiro atoms. The predicted molar refractivity (Wildman–Crippen MR) is 60.3 cm³/mol. The molecular weight excluding hydrogens is 392 g/mol. The van der Waals surface area contributed by atoms with Crippen LogP contribution in [-0.4, -0.2) is 32.8 Å². The minimum atomic E-state index is -6.85. The third kappa shape index (κ3) is 6.33. The first-order chi connectivity index (χ1) is 9.60. The molecule has 22 heavy (non-hydrogen) atoms. The maximum absolute atomic E-state index is 11.4. The molecule has 0 bridgehead atoms. The van der Waals surface area contributed by atoms with Crippen molar-refractivity contribution in [1.82, 2.24) is 4.98 Å². The highest BCUT2D eigenvalue weighted by Crippen LogP contribution is 2.32. The van der Waals surface area contributed by atoms with Crippen molar-refractivity contribution in [3.63, 3.8) is 0 Å². The second-order valence-electron chi connectivity index (χ2n) is 3.02. The van der Waals surface area contributed by atoms with Crippen molar-refractivity contribution in [2.24, 2.45) is 0 Å². The second-order valence-corrected chi connectivity index (χ2v) is 6.69. The fourth-order valence-corrected chi connectivity index (χ4v) is 2.23. The third-order valence-electron chi connectivity index (χ3n) is 1.37. The first-order valence-corrected chi connectivity index (χ1v) is 7.70. The summed E-state index contributed by atoms with van der Waals surface area (Å²) in [5.41, 5.74) is -12.5. The van der Waals surface area contributed by atoms with E-state index in [9.17, 15) is 43.2 Å². The van der Waals surface area contributed by atoms with E-state index >= 15 is 0 Å². The molecule has 6 nitrogen and oxygen atoms in total. The van der Waals surface area contributed by atoms with Crippen molar-refractivity contribution in [1.29, 1.82) is 0 Å². The van der Waals surface area contributed by atoms with Crippen LogP contribution >= 0.6 is 11.6 Å². The summed E-state index contributed by atoms with van der Waals surface area (Å²) < 4.78 is 110. The van der Waals surface area contributed by atoms with E-state index in [0.29, 0.717) is 5.15 Å². The fourth-order valence-electron chi connectivity index (χ4n) is 0.537. The molecule has 1 aromatic rings. The van der Waals surface area contributed by atoms with E-state index < -0.39 is 31.3 Å². The lowest BCUT2D eigenvalue weighted by Gasteiger charge is -2.09. The zero-order chi connectivity index (χ0) is 17.8. The van der Waals surface area contributed by atoms with Gasteiger partial charge in [0.2, 0.25) is 0 Å². The molecule has 15 heteroatoms. The molecule has 0 aromatic carbocycles. The number of pyridine rings is 1. The van der Waals surface area contributed by atoms with Gasteiger partial charge >= 0.3 is 31.3 Å². The van der Waals surface area contributed by atoms with Crippen molar-refractivity contribution in [3.8, 4) is 0 Å². The van der Waals surface area contributed by atoms with Crippen molar-refractivity contribution in [2.75, 3.05) is 0 Å². The summed E-state index contributed by atoms with van der Waals surface area (Å²) in [5, 5.41) is 0.544. The third-order valence-corrected chi connectivity index (χ3v) is 4.17. The van der Waals surface area contributed by atoms with Gasteiger partial charge in [-0.25, -0.2) is 4.98 Å². The van der Waals surface area contributed by atoms with Gasteiger partial charge < -0.3 is 0 Å². The van der Waals surface area contributed by atoms with Crippen LogP contribution in [0, 0.1) is 0 Å². The summed E-state index contributed by atoms with van der Waals surface area (Å²) in [4.78, 5) is 3.74. The second kappa shape index (κ2) is 6.97. The van der Waals surface area contributed by atoms with Gasteiger partial charge in [0.15, 0.2) is 0 Å². The van der Waals surface area contributed by atoms with Crippen LogP contribution in [0.2, 0.25) is 5.15 Å². The Hall–Kier alpha value is -1.12. The fraction of sp³-hybridized carbons (Fsp3) is 0.286. The lowest BCUT2D eigenvalue weighted by atomic mass is 10.5. The van der Waals surface area contributed by atoms with Crippen LogP contribution in [0.25, 0.3) is 0 Å². The van der Waals surface area contributed by atoms with Crippen molar-refractivity contribution < 1.29 is 46.8 Å². The number of hydrogen-bond acceptors (Lipinski definition) is 6. The van der Waals surface area contributed by atoms with E-state index in [-0.39, 0.29) is 0 Å². The minimum Gasteiger partial charge on any atom is -0.245 e. The highest BCUT2D eigenvalue weighted by molar-refractivity contribution is 8.00. The highest BCUT2D eigenvalue weighted by atomic mass is 35.5. The summed E-state index contributed by atoms with van der Waals surface area (Å²) in [6.45, 7) is 0. The zero-order valence-corrected chi connectivity index (χ0v) is 12.1. The molecule has 0 N–H and O–H groups in total. The Kier molecular flexibility index (Phi) is 6.62. The molecule has 0 atom stereocenters. The standard InChI is InChI=1S/C5H4ClN.C2F6O5S2/c6-5-3-1-2-4-7-5;3-1(4,5)14(9,10)13-15(11,12)2(6,7)8/h1-4H;. The quantitative estimate of drug-likeness (QED) is 0.434. The first-order valence-electron chi connectivity index (χ1n) is 4.50. The Morgan fingerprint density at radius 1 is 0.909 bits per heavy atom. The van der Waals surface area contributed by atoms with Crippen LogP contribution in [0.1, 0.15) is 0 Å². The van der Waals surface area contributed by atoms with E-state index in [1.807, 2.05) is 15.8 Å². The Morgan fingerprint density at radius 2 is 1.32 bits per heavy atom. The molecule has 0 amide bonds. The van der Waals surface area contributed by atoms with Crippen LogP contribution < -0.4 is 0 Å². The summed E-state index contributed by atoms with van der Waals surface area (Å²) in [7, 11) is -13.7. The van der Waals surface area contributed by atoms with E-state index in [2.05, 4.69) is 4.98 Å². The monoisotopic (exact) mass is 395 g/mol. The molecule has 0 aliphatic heterocycles. The summed E-state index contributed by atoms with van der Waals surface area (Å²) in [6, 6.07) is 5.41. The molecule has 0 unspecified atom stereocenters. The summed E-state index contributed by atoms with van der Waals surface area (Å²) in [6.07, 6.45) is 1.66. The SMILES string of the molecule is Clc1ccccn1.O=S(=O)(OS(=O)(=O)C(F)(F)F)C(F)(F)F. The van der Waals surface area contributed by atoms with E-state index in [4.69, 9.17) is 11.6 Å². The zero-order valence-electron chi connectivity index (χ0n) is 9.76. The smallest absolute Gasteiger partial charge is 0.245 e. The van der Waals surface area contributed by atoms with Crippen molar-refractivity contribution >= 4 is 31.8 Å². The largest absolute Gasteiger partial charge is 0.524 e. The molecule has 0 saturated heterocycles. The molecule has 1 rings (SSSR count). The van der Waals surface area contributed by atoms with E-state index in [1.165, 1.54) is 0 Å². The molecular formula is C7H4ClF6NO5S2. The number of halogens is 7. The predicted octanol–water partition coefficient (Wildman–Crippen LogP) is 2.44. The van der Waals surface area contributed by atoms with Gasteiger partial charge in [0, 0.05) is 6.20 Å². The van der Waals surface area contributed by atoms with Gasteiger partial charge in [-0.05, 0) is 12.1 Å². The molecule has 0 aliphatic rings. The van der Waals surface area contributed by atoms with Crippen LogP contribution in [-0.2, 0) is 23.9 Å². The molecule has 1 heterocycles. The maximum atomic E-state index is 11.4. The molecule has 0 aliphatic carbocycles. The van der Waals surface area contributed by atoms with Gasteiger partial charge in [-0.3, -0.25) is 0 Å². The first kappa shape index (κ1) is 20.9. The molecule has 0 saturated carbocycles. The number of nitrogens with zero attached hydrogens (tertiary/aromatic N) is 1. The maximum Gasteiger partial charge on any atom is 0.524 e. The van der Waals surface area contributed by atoms with Gasteiger partial charge in [0.05, 0.1) is 0 Å². The lowest BCUT2D eigenvalue weighted by molar-refractivity contribution is -0.0585. The van der Waals surface area contributed by atoms with Crippen molar-refractivity contribution in [3.05, 3.63) is 29.5 Å². The Morgan fingerprint density at radius 3 is 1.50 bits per heavy atom. The molecule has 128 valence electrons. The highest BCUT2D eigenvalue weighted by Gasteiger charge is 2.57. The number of alkyl halides is 6. The summed E-state index contributed by atoms with van der Waals surface area (Å²) >= 11 is 5.43. The summed E-state index contributed by atoms with van der Waals surface area (Å²) in [5.74, 6) is 0. The van der Waals surface area contributed by atoms with Gasteiger partial charge in [-0.15, -0.1) is 3.63 Å². The van der Waals surface area contributed by atoms with E-state index in [0.717, 1.165) is 0 Å². The van der Waals surface area contributed by atoms with Gasteiger partial charge in [0.1, 0.15) is 5.15 Å². The van der Waals surface area contributed by atoms with Crippen molar-refractivity contribution in [2.45, 2.75) is 11.0 Å². The lowest BCUT2D eigenvalue weighted by Crippen LogP contribution is -2.34. The molecule has 1 aromatic heterocycles. The normalized spacial score (nSPS) is 13.2. The minimum absolute atomic E-state index is 0.544. The van der Waals surface area contributed by atoms with Gasteiger partial charge in [-0.1, -0.05) is 17.7 Å². The van der Waals surface area contributed by atoms with Crippen LogP contribution in [0.15, 0.2) is 24.4 Å². The number of rotatable bonds is 2. The Labute approximate surface area is 124 Å². The van der Waals surface area contributed by atoms with E-state index in [1.54, 1.807) is 12.3 Å². The Bertz CT molecular complexity index is 642. The molecule has 0 fully saturated rings. The Balaban J connectivity index is 0.000000518. The van der Waals surface area contributed by atoms with Gasteiger partial charge in [0.25, 0.3) is 0 Å². The average Bonchev–Trinajstić information content (AvgIpc) is 2.26. The van der Waals surface area contributed by atoms with Crippen LogP contribution in [0.5, 0.6) is 0 Å². The van der Waals surface area contributed by atoms with Crippen LogP contribution in [0.3, 0.4) is 0 Å². The molecule has 0 radical (unpaired) electrons.